The SMILES string of the molecule is C=CCNc1cc(C)nc(Nc2ccc3c(c2)OCCO3)n1. The fourth-order valence-electron chi connectivity index (χ4n) is 2.14. The summed E-state index contributed by atoms with van der Waals surface area (Å²) in [5, 5.41) is 6.35. The second kappa shape index (κ2) is 6.34. The molecule has 2 aromatic rings. The molecule has 114 valence electrons. The number of ether oxygens (including phenoxy) is 2. The topological polar surface area (TPSA) is 68.3 Å². The number of aromatic nitrogens is 2. The number of nitrogens with zero attached hydrogens (tertiary/aromatic N) is 2. The minimum absolute atomic E-state index is 0.531. The molecule has 0 unspecified atom stereocenters. The predicted octanol–water partition coefficient (Wildman–Crippen LogP) is 2.90. The van der Waals surface area contributed by atoms with Crippen molar-refractivity contribution < 1.29 is 9.47 Å². The average Bonchev–Trinajstić information content (AvgIpc) is 2.52. The van der Waals surface area contributed by atoms with Crippen molar-refractivity contribution in [3.05, 3.63) is 42.6 Å². The Morgan fingerprint density at radius 2 is 2.00 bits per heavy atom. The Morgan fingerprint density at radius 3 is 2.82 bits per heavy atom. The lowest BCUT2D eigenvalue weighted by Gasteiger charge is -2.19. The highest BCUT2D eigenvalue weighted by molar-refractivity contribution is 5.61. The Morgan fingerprint density at radius 1 is 1.18 bits per heavy atom. The van der Waals surface area contributed by atoms with E-state index < -0.39 is 0 Å². The molecule has 0 radical (unpaired) electrons. The molecule has 0 saturated heterocycles. The van der Waals surface area contributed by atoms with Crippen LogP contribution < -0.4 is 20.1 Å². The van der Waals surface area contributed by atoms with Gasteiger partial charge in [0.2, 0.25) is 5.95 Å². The van der Waals surface area contributed by atoms with Gasteiger partial charge < -0.3 is 20.1 Å². The fourth-order valence-corrected chi connectivity index (χ4v) is 2.14. The molecule has 0 atom stereocenters. The van der Waals surface area contributed by atoms with Crippen LogP contribution in [0.25, 0.3) is 0 Å². The van der Waals surface area contributed by atoms with Gasteiger partial charge in [-0.25, -0.2) is 4.98 Å². The van der Waals surface area contributed by atoms with Gasteiger partial charge in [0, 0.05) is 30.1 Å². The molecule has 0 spiro atoms. The largest absolute Gasteiger partial charge is 0.486 e. The van der Waals surface area contributed by atoms with Crippen LogP contribution in [0.5, 0.6) is 11.5 Å². The third kappa shape index (κ3) is 3.28. The summed E-state index contributed by atoms with van der Waals surface area (Å²) in [5.74, 6) is 2.78. The minimum Gasteiger partial charge on any atom is -0.486 e. The number of benzene rings is 1. The first kappa shape index (κ1) is 14.2. The molecule has 2 N–H and O–H groups in total. The predicted molar refractivity (Wildman–Crippen MR) is 86.2 cm³/mol. The maximum Gasteiger partial charge on any atom is 0.229 e. The highest BCUT2D eigenvalue weighted by atomic mass is 16.6. The number of anilines is 3. The Kier molecular flexibility index (Phi) is 4.09. The van der Waals surface area contributed by atoms with Gasteiger partial charge in [-0.2, -0.15) is 4.98 Å². The Balaban J connectivity index is 1.80. The molecule has 0 aliphatic carbocycles. The van der Waals surface area contributed by atoms with Crippen LogP contribution in [0, 0.1) is 6.92 Å². The van der Waals surface area contributed by atoms with Crippen molar-refractivity contribution in [1.29, 1.82) is 0 Å². The van der Waals surface area contributed by atoms with Crippen LogP contribution in [-0.4, -0.2) is 29.7 Å². The van der Waals surface area contributed by atoms with E-state index in [1.54, 1.807) is 6.08 Å². The van der Waals surface area contributed by atoms with Crippen molar-refractivity contribution in [2.75, 3.05) is 30.4 Å². The summed E-state index contributed by atoms with van der Waals surface area (Å²) < 4.78 is 11.1. The summed E-state index contributed by atoms with van der Waals surface area (Å²) >= 11 is 0. The van der Waals surface area contributed by atoms with Crippen LogP contribution in [0.15, 0.2) is 36.9 Å². The molecule has 1 aliphatic rings. The molecule has 2 heterocycles. The van der Waals surface area contributed by atoms with Gasteiger partial charge in [0.1, 0.15) is 19.0 Å². The van der Waals surface area contributed by atoms with Crippen LogP contribution in [0.4, 0.5) is 17.5 Å². The highest BCUT2D eigenvalue weighted by Crippen LogP contribution is 2.33. The molecule has 1 aromatic heterocycles. The van der Waals surface area contributed by atoms with Crippen LogP contribution in [0.3, 0.4) is 0 Å². The quantitative estimate of drug-likeness (QED) is 0.827. The number of hydrogen-bond acceptors (Lipinski definition) is 6. The zero-order chi connectivity index (χ0) is 15.4. The van der Waals surface area contributed by atoms with E-state index in [2.05, 4.69) is 27.2 Å². The van der Waals surface area contributed by atoms with E-state index >= 15 is 0 Å². The monoisotopic (exact) mass is 298 g/mol. The molecular weight excluding hydrogens is 280 g/mol. The Labute approximate surface area is 129 Å². The first-order valence-electron chi connectivity index (χ1n) is 7.12. The van der Waals surface area contributed by atoms with Gasteiger partial charge in [-0.1, -0.05) is 6.08 Å². The summed E-state index contributed by atoms with van der Waals surface area (Å²) in [6.07, 6.45) is 1.78. The maximum absolute atomic E-state index is 5.57. The van der Waals surface area contributed by atoms with Crippen LogP contribution in [0.1, 0.15) is 5.69 Å². The zero-order valence-corrected chi connectivity index (χ0v) is 12.4. The van der Waals surface area contributed by atoms with Crippen molar-refractivity contribution in [3.8, 4) is 11.5 Å². The van der Waals surface area contributed by atoms with Gasteiger partial charge in [0.25, 0.3) is 0 Å². The lowest BCUT2D eigenvalue weighted by molar-refractivity contribution is 0.171. The summed E-state index contributed by atoms with van der Waals surface area (Å²) in [7, 11) is 0. The van der Waals surface area contributed by atoms with E-state index in [1.807, 2.05) is 31.2 Å². The molecule has 0 saturated carbocycles. The van der Waals surface area contributed by atoms with Gasteiger partial charge in [-0.3, -0.25) is 0 Å². The van der Waals surface area contributed by atoms with Gasteiger partial charge in [0.15, 0.2) is 11.5 Å². The fraction of sp³-hybridized carbons (Fsp3) is 0.250. The number of rotatable bonds is 5. The molecule has 6 heteroatoms. The summed E-state index contributed by atoms with van der Waals surface area (Å²) in [5.41, 5.74) is 1.73. The normalized spacial score (nSPS) is 12.6. The smallest absolute Gasteiger partial charge is 0.229 e. The molecule has 0 fully saturated rings. The molecular formula is C16H18N4O2. The Hall–Kier alpha value is -2.76. The second-order valence-corrected chi connectivity index (χ2v) is 4.87. The molecule has 6 nitrogen and oxygen atoms in total. The average molecular weight is 298 g/mol. The van der Waals surface area contributed by atoms with E-state index in [0.717, 1.165) is 28.7 Å². The van der Waals surface area contributed by atoms with Gasteiger partial charge in [-0.05, 0) is 19.1 Å². The first-order valence-corrected chi connectivity index (χ1v) is 7.12. The van der Waals surface area contributed by atoms with Crippen molar-refractivity contribution in [3.63, 3.8) is 0 Å². The molecule has 0 bridgehead atoms. The van der Waals surface area contributed by atoms with Crippen LogP contribution in [-0.2, 0) is 0 Å². The second-order valence-electron chi connectivity index (χ2n) is 4.87. The number of fused-ring (bicyclic) bond motifs is 1. The summed E-state index contributed by atoms with van der Waals surface area (Å²) in [6, 6.07) is 7.56. The molecule has 3 rings (SSSR count). The van der Waals surface area contributed by atoms with E-state index in [1.165, 1.54) is 0 Å². The minimum atomic E-state index is 0.531. The third-order valence-electron chi connectivity index (χ3n) is 3.08. The number of nitrogens with one attached hydrogen (secondary N) is 2. The highest BCUT2D eigenvalue weighted by Gasteiger charge is 2.12. The van der Waals surface area contributed by atoms with Gasteiger partial charge in [0.05, 0.1) is 0 Å². The number of hydrogen-bond donors (Lipinski definition) is 2. The van der Waals surface area contributed by atoms with E-state index in [4.69, 9.17) is 9.47 Å². The standard InChI is InChI=1S/C16H18N4O2/c1-3-6-17-15-9-11(2)18-16(20-15)19-12-4-5-13-14(10-12)22-8-7-21-13/h3-5,9-10H,1,6-8H2,2H3,(H2,17,18,19,20). The number of aryl methyl sites for hydroxylation is 1. The maximum atomic E-state index is 5.57. The molecule has 1 aliphatic heterocycles. The van der Waals surface area contributed by atoms with Crippen molar-refractivity contribution in [2.24, 2.45) is 0 Å². The summed E-state index contributed by atoms with van der Waals surface area (Å²) in [6.45, 7) is 7.41. The van der Waals surface area contributed by atoms with Crippen LogP contribution >= 0.6 is 0 Å². The van der Waals surface area contributed by atoms with Crippen LogP contribution in [0.2, 0.25) is 0 Å². The third-order valence-corrected chi connectivity index (χ3v) is 3.08. The first-order chi connectivity index (χ1) is 10.7. The zero-order valence-electron chi connectivity index (χ0n) is 12.4. The van der Waals surface area contributed by atoms with E-state index in [9.17, 15) is 0 Å². The van der Waals surface area contributed by atoms with Crippen molar-refractivity contribution in [1.82, 2.24) is 9.97 Å². The molecule has 1 aromatic carbocycles. The van der Waals surface area contributed by atoms with Crippen molar-refractivity contribution >= 4 is 17.5 Å². The Bertz CT molecular complexity index is 688. The molecule has 0 amide bonds. The lowest BCUT2D eigenvalue weighted by Crippen LogP contribution is -2.15. The van der Waals surface area contributed by atoms with E-state index in [0.29, 0.717) is 25.7 Å². The molecule has 22 heavy (non-hydrogen) atoms. The van der Waals surface area contributed by atoms with Crippen molar-refractivity contribution in [2.45, 2.75) is 6.92 Å². The van der Waals surface area contributed by atoms with Gasteiger partial charge in [-0.15, -0.1) is 6.58 Å². The lowest BCUT2D eigenvalue weighted by atomic mass is 10.2. The van der Waals surface area contributed by atoms with E-state index in [-0.39, 0.29) is 0 Å². The summed E-state index contributed by atoms with van der Waals surface area (Å²) in [4.78, 5) is 8.81. The van der Waals surface area contributed by atoms with Gasteiger partial charge >= 0.3 is 0 Å².